The molecular weight excluding hydrogens is 184 g/mol. The summed E-state index contributed by atoms with van der Waals surface area (Å²) in [5, 5.41) is 0. The highest BCUT2D eigenvalue weighted by molar-refractivity contribution is 4.96. The minimum Gasteiger partial charge on any atom is -0.306 e. The molecule has 0 aliphatic carbocycles. The van der Waals surface area contributed by atoms with Crippen LogP contribution in [0.1, 0.15) is 46.0 Å². The van der Waals surface area contributed by atoms with E-state index >= 15 is 0 Å². The molecular formula is C13H26N2. The van der Waals surface area contributed by atoms with Gasteiger partial charge in [0.15, 0.2) is 0 Å². The molecule has 2 bridgehead atoms. The van der Waals surface area contributed by atoms with E-state index in [9.17, 15) is 0 Å². The maximum absolute atomic E-state index is 2.80. The van der Waals surface area contributed by atoms with Crippen molar-refractivity contribution in [3.63, 3.8) is 0 Å². The number of nitrogens with zero attached hydrogens (tertiary/aromatic N) is 2. The minimum absolute atomic E-state index is 0.739. The lowest BCUT2D eigenvalue weighted by Crippen LogP contribution is -2.58. The molecule has 2 heteroatoms. The Morgan fingerprint density at radius 3 is 2.00 bits per heavy atom. The van der Waals surface area contributed by atoms with Crippen molar-refractivity contribution in [3.05, 3.63) is 0 Å². The van der Waals surface area contributed by atoms with E-state index in [4.69, 9.17) is 0 Å². The molecule has 88 valence electrons. The Morgan fingerprint density at radius 2 is 1.60 bits per heavy atom. The second kappa shape index (κ2) is 4.42. The zero-order valence-electron chi connectivity index (χ0n) is 10.7. The van der Waals surface area contributed by atoms with Gasteiger partial charge in [0.05, 0.1) is 0 Å². The van der Waals surface area contributed by atoms with Crippen LogP contribution >= 0.6 is 0 Å². The molecule has 0 amide bonds. The summed E-state index contributed by atoms with van der Waals surface area (Å²) in [5.41, 5.74) is 0. The van der Waals surface area contributed by atoms with Gasteiger partial charge in [0.2, 0.25) is 0 Å². The predicted molar refractivity (Wildman–Crippen MR) is 65.1 cm³/mol. The number of hydrogen-bond acceptors (Lipinski definition) is 2. The molecule has 2 unspecified atom stereocenters. The zero-order chi connectivity index (χ0) is 11.0. The molecule has 2 atom stereocenters. The van der Waals surface area contributed by atoms with Crippen molar-refractivity contribution in [2.75, 3.05) is 14.1 Å². The van der Waals surface area contributed by atoms with Gasteiger partial charge in [-0.3, -0.25) is 4.90 Å². The number of fused-ring (bicyclic) bond motifs is 2. The highest BCUT2D eigenvalue weighted by Crippen LogP contribution is 2.36. The van der Waals surface area contributed by atoms with E-state index in [1.807, 2.05) is 0 Å². The molecule has 2 nitrogen and oxygen atoms in total. The Morgan fingerprint density at radius 1 is 1.07 bits per heavy atom. The van der Waals surface area contributed by atoms with Gasteiger partial charge in [-0.2, -0.15) is 0 Å². The van der Waals surface area contributed by atoms with Gasteiger partial charge in [0.1, 0.15) is 0 Å². The monoisotopic (exact) mass is 210 g/mol. The highest BCUT2D eigenvalue weighted by Gasteiger charge is 2.39. The lowest BCUT2D eigenvalue weighted by molar-refractivity contribution is -0.0179. The van der Waals surface area contributed by atoms with E-state index in [-0.39, 0.29) is 0 Å². The Hall–Kier alpha value is -0.0800. The van der Waals surface area contributed by atoms with Crippen LogP contribution in [-0.2, 0) is 0 Å². The summed E-state index contributed by atoms with van der Waals surface area (Å²) >= 11 is 0. The standard InChI is InChI=1S/C13H26N2/c1-10(2)15-11-6-5-7-12(15)9-13(8-11)14(3)4/h10-13H,5-9H2,1-4H3. The largest absolute Gasteiger partial charge is 0.306 e. The molecule has 0 spiro atoms. The first-order valence-electron chi connectivity index (χ1n) is 6.53. The second-order valence-corrected chi connectivity index (χ2v) is 5.87. The molecule has 2 heterocycles. The quantitative estimate of drug-likeness (QED) is 0.690. The Balaban J connectivity index is 2.08. The second-order valence-electron chi connectivity index (χ2n) is 5.87. The van der Waals surface area contributed by atoms with Gasteiger partial charge in [-0.25, -0.2) is 0 Å². The van der Waals surface area contributed by atoms with Crippen molar-refractivity contribution < 1.29 is 0 Å². The smallest absolute Gasteiger partial charge is 0.0119 e. The molecule has 2 aliphatic rings. The maximum atomic E-state index is 2.80. The number of piperidine rings is 2. The third-order valence-electron chi connectivity index (χ3n) is 4.33. The SMILES string of the molecule is CC(C)N1C2CCCC1CC(N(C)C)C2. The molecule has 2 fully saturated rings. The highest BCUT2D eigenvalue weighted by atomic mass is 15.2. The van der Waals surface area contributed by atoms with Crippen LogP contribution in [0, 0.1) is 0 Å². The van der Waals surface area contributed by atoms with Crippen molar-refractivity contribution >= 4 is 0 Å². The van der Waals surface area contributed by atoms with Crippen molar-refractivity contribution in [2.45, 2.75) is 70.1 Å². The van der Waals surface area contributed by atoms with Crippen LogP contribution in [0.3, 0.4) is 0 Å². The van der Waals surface area contributed by atoms with Gasteiger partial charge in [0, 0.05) is 24.2 Å². The average Bonchev–Trinajstić information content (AvgIpc) is 2.15. The molecule has 0 aromatic heterocycles. The molecule has 0 N–H and O–H groups in total. The number of rotatable bonds is 2. The van der Waals surface area contributed by atoms with Crippen LogP contribution in [0.5, 0.6) is 0 Å². The van der Waals surface area contributed by atoms with Gasteiger partial charge in [-0.15, -0.1) is 0 Å². The minimum atomic E-state index is 0.739. The Bertz CT molecular complexity index is 199. The molecule has 2 aliphatic heterocycles. The normalized spacial score (nSPS) is 37.6. The summed E-state index contributed by atoms with van der Waals surface area (Å²) < 4.78 is 0. The third kappa shape index (κ3) is 2.21. The summed E-state index contributed by atoms with van der Waals surface area (Å²) in [5.74, 6) is 0. The van der Waals surface area contributed by atoms with Crippen molar-refractivity contribution in [3.8, 4) is 0 Å². The Kier molecular flexibility index (Phi) is 3.36. The van der Waals surface area contributed by atoms with Crippen molar-refractivity contribution in [1.29, 1.82) is 0 Å². The third-order valence-corrected chi connectivity index (χ3v) is 4.33. The van der Waals surface area contributed by atoms with Gasteiger partial charge >= 0.3 is 0 Å². The predicted octanol–water partition coefficient (Wildman–Crippen LogP) is 2.34. The average molecular weight is 210 g/mol. The summed E-state index contributed by atoms with van der Waals surface area (Å²) in [4.78, 5) is 5.23. The van der Waals surface area contributed by atoms with E-state index in [2.05, 4.69) is 37.7 Å². The van der Waals surface area contributed by atoms with Crippen LogP contribution in [0.4, 0.5) is 0 Å². The first-order chi connectivity index (χ1) is 7.09. The fourth-order valence-corrected chi connectivity index (χ4v) is 3.65. The maximum Gasteiger partial charge on any atom is 0.0119 e. The fourth-order valence-electron chi connectivity index (χ4n) is 3.65. The first-order valence-corrected chi connectivity index (χ1v) is 6.53. The molecule has 0 aromatic carbocycles. The van der Waals surface area contributed by atoms with Crippen LogP contribution in [0.15, 0.2) is 0 Å². The molecule has 2 saturated heterocycles. The van der Waals surface area contributed by atoms with Crippen LogP contribution in [-0.4, -0.2) is 48.1 Å². The van der Waals surface area contributed by atoms with Gasteiger partial charge in [-0.1, -0.05) is 6.42 Å². The summed E-state index contributed by atoms with van der Waals surface area (Å²) in [6.07, 6.45) is 7.10. The van der Waals surface area contributed by atoms with Gasteiger partial charge < -0.3 is 4.90 Å². The summed E-state index contributed by atoms with van der Waals surface area (Å²) in [6, 6.07) is 3.30. The fraction of sp³-hybridized carbons (Fsp3) is 1.00. The van der Waals surface area contributed by atoms with Crippen LogP contribution in [0.25, 0.3) is 0 Å². The molecule has 2 rings (SSSR count). The van der Waals surface area contributed by atoms with Crippen LogP contribution in [0.2, 0.25) is 0 Å². The van der Waals surface area contributed by atoms with Gasteiger partial charge in [-0.05, 0) is 53.6 Å². The topological polar surface area (TPSA) is 6.48 Å². The van der Waals surface area contributed by atoms with Crippen molar-refractivity contribution in [1.82, 2.24) is 9.80 Å². The lowest BCUT2D eigenvalue weighted by atomic mass is 9.80. The van der Waals surface area contributed by atoms with Crippen LogP contribution < -0.4 is 0 Å². The van der Waals surface area contributed by atoms with E-state index in [0.29, 0.717) is 0 Å². The molecule has 15 heavy (non-hydrogen) atoms. The van der Waals surface area contributed by atoms with Gasteiger partial charge in [0.25, 0.3) is 0 Å². The first kappa shape index (κ1) is 11.4. The lowest BCUT2D eigenvalue weighted by Gasteiger charge is -2.52. The van der Waals surface area contributed by atoms with E-state index in [1.165, 1.54) is 32.1 Å². The molecule has 0 radical (unpaired) electrons. The van der Waals surface area contributed by atoms with E-state index in [0.717, 1.165) is 24.2 Å². The molecule has 0 saturated carbocycles. The Labute approximate surface area is 94.6 Å². The van der Waals surface area contributed by atoms with Crippen molar-refractivity contribution in [2.24, 2.45) is 0 Å². The summed E-state index contributed by atoms with van der Waals surface area (Å²) in [6.45, 7) is 4.72. The van der Waals surface area contributed by atoms with E-state index < -0.39 is 0 Å². The summed E-state index contributed by atoms with van der Waals surface area (Å²) in [7, 11) is 4.48. The van der Waals surface area contributed by atoms with E-state index in [1.54, 1.807) is 0 Å². The zero-order valence-corrected chi connectivity index (χ0v) is 10.7. The number of hydrogen-bond donors (Lipinski definition) is 0. The molecule has 0 aromatic rings.